The van der Waals surface area contributed by atoms with Crippen molar-refractivity contribution in [3.05, 3.63) is 52.4 Å². The summed E-state index contributed by atoms with van der Waals surface area (Å²) in [5, 5.41) is 0. The summed E-state index contributed by atoms with van der Waals surface area (Å²) in [7, 11) is 0. The molecule has 16 heavy (non-hydrogen) atoms. The first-order valence-electron chi connectivity index (χ1n) is 4.71. The number of benzene rings is 1. The van der Waals surface area contributed by atoms with Crippen LogP contribution in [0.15, 0.2) is 41.0 Å². The molecule has 0 radical (unpaired) electrons. The molecule has 0 saturated heterocycles. The van der Waals surface area contributed by atoms with Crippen molar-refractivity contribution in [3.8, 4) is 11.6 Å². The highest BCUT2D eigenvalue weighted by Crippen LogP contribution is 2.29. The number of halogens is 2. The van der Waals surface area contributed by atoms with Gasteiger partial charge in [-0.15, -0.1) is 0 Å². The third-order valence-electron chi connectivity index (χ3n) is 2.08. The monoisotopic (exact) mass is 281 g/mol. The van der Waals surface area contributed by atoms with Gasteiger partial charge in [-0.25, -0.2) is 9.37 Å². The molecule has 0 N–H and O–H groups in total. The van der Waals surface area contributed by atoms with E-state index in [1.807, 2.05) is 13.0 Å². The first kappa shape index (κ1) is 11.1. The molecule has 0 bridgehead atoms. The number of aryl methyl sites for hydroxylation is 1. The molecule has 0 atom stereocenters. The van der Waals surface area contributed by atoms with Crippen molar-refractivity contribution in [1.82, 2.24) is 4.98 Å². The van der Waals surface area contributed by atoms with Crippen molar-refractivity contribution >= 4 is 15.9 Å². The van der Waals surface area contributed by atoms with Crippen LogP contribution in [-0.4, -0.2) is 4.98 Å². The molecule has 1 heterocycles. The van der Waals surface area contributed by atoms with Crippen molar-refractivity contribution in [2.75, 3.05) is 0 Å². The number of rotatable bonds is 2. The summed E-state index contributed by atoms with van der Waals surface area (Å²) in [6.45, 7) is 1.85. The van der Waals surface area contributed by atoms with Crippen LogP contribution in [0.25, 0.3) is 0 Å². The molecule has 4 heteroatoms. The predicted molar refractivity (Wildman–Crippen MR) is 63.1 cm³/mol. The largest absolute Gasteiger partial charge is 0.437 e. The van der Waals surface area contributed by atoms with Gasteiger partial charge in [-0.2, -0.15) is 0 Å². The summed E-state index contributed by atoms with van der Waals surface area (Å²) in [5.74, 6) is 0.572. The second-order valence-electron chi connectivity index (χ2n) is 3.30. The summed E-state index contributed by atoms with van der Waals surface area (Å²) < 4.78 is 19.3. The van der Waals surface area contributed by atoms with E-state index in [4.69, 9.17) is 4.74 Å². The molecule has 0 aliphatic rings. The molecular formula is C12H9BrFNO. The van der Waals surface area contributed by atoms with Crippen LogP contribution in [0.4, 0.5) is 4.39 Å². The molecule has 2 nitrogen and oxygen atoms in total. The Balaban J connectivity index is 2.34. The number of nitrogens with zero attached hydrogens (tertiary/aromatic N) is 1. The molecule has 0 amide bonds. The minimum Gasteiger partial charge on any atom is -0.437 e. The van der Waals surface area contributed by atoms with E-state index < -0.39 is 0 Å². The maximum absolute atomic E-state index is 13.0. The Kier molecular flexibility index (Phi) is 3.19. The van der Waals surface area contributed by atoms with E-state index in [1.165, 1.54) is 12.1 Å². The van der Waals surface area contributed by atoms with Crippen LogP contribution in [0.5, 0.6) is 11.6 Å². The summed E-state index contributed by atoms with van der Waals surface area (Å²) >= 11 is 3.32. The fraction of sp³-hybridized carbons (Fsp3) is 0.0833. The standard InChI is InChI=1S/C12H9BrFNO/c1-8-4-5-9(14)7-11(8)16-12-10(13)3-2-6-15-12/h2-7H,1H3. The SMILES string of the molecule is Cc1ccc(F)cc1Oc1ncccc1Br. The van der Waals surface area contributed by atoms with Crippen molar-refractivity contribution in [3.63, 3.8) is 0 Å². The zero-order valence-corrected chi connectivity index (χ0v) is 10.2. The van der Waals surface area contributed by atoms with Gasteiger partial charge in [0.2, 0.25) is 5.88 Å². The third kappa shape index (κ3) is 2.39. The second kappa shape index (κ2) is 4.61. The summed E-state index contributed by atoms with van der Waals surface area (Å²) in [5.41, 5.74) is 0.860. The van der Waals surface area contributed by atoms with E-state index in [9.17, 15) is 4.39 Å². The Hall–Kier alpha value is -1.42. The maximum Gasteiger partial charge on any atom is 0.233 e. The third-order valence-corrected chi connectivity index (χ3v) is 2.69. The minimum absolute atomic E-state index is 0.326. The van der Waals surface area contributed by atoms with Crippen LogP contribution < -0.4 is 4.74 Å². The molecular weight excluding hydrogens is 273 g/mol. The lowest BCUT2D eigenvalue weighted by molar-refractivity contribution is 0.451. The van der Waals surface area contributed by atoms with Crippen molar-refractivity contribution in [2.45, 2.75) is 6.92 Å². The van der Waals surface area contributed by atoms with Gasteiger partial charge < -0.3 is 4.74 Å². The van der Waals surface area contributed by atoms with Crippen LogP contribution in [0.3, 0.4) is 0 Å². The average molecular weight is 282 g/mol. The molecule has 1 aromatic heterocycles. The van der Waals surface area contributed by atoms with E-state index in [0.717, 1.165) is 10.0 Å². The van der Waals surface area contributed by atoms with Crippen LogP contribution >= 0.6 is 15.9 Å². The molecule has 0 aliphatic carbocycles. The molecule has 0 fully saturated rings. The lowest BCUT2D eigenvalue weighted by Gasteiger charge is -2.08. The zero-order valence-electron chi connectivity index (χ0n) is 8.58. The first-order valence-corrected chi connectivity index (χ1v) is 5.50. The van der Waals surface area contributed by atoms with Gasteiger partial charge in [0.05, 0.1) is 4.47 Å². The Morgan fingerprint density at radius 1 is 1.31 bits per heavy atom. The number of hydrogen-bond donors (Lipinski definition) is 0. The maximum atomic E-state index is 13.0. The van der Waals surface area contributed by atoms with Crippen LogP contribution in [0.2, 0.25) is 0 Å². The van der Waals surface area contributed by atoms with E-state index >= 15 is 0 Å². The van der Waals surface area contributed by atoms with Crippen LogP contribution in [-0.2, 0) is 0 Å². The van der Waals surface area contributed by atoms with Gasteiger partial charge in [0.15, 0.2) is 0 Å². The van der Waals surface area contributed by atoms with Crippen molar-refractivity contribution < 1.29 is 9.13 Å². The summed E-state index contributed by atoms with van der Waals surface area (Å²) in [6.07, 6.45) is 1.62. The molecule has 0 aliphatic heterocycles. The number of ether oxygens (including phenoxy) is 1. The summed E-state index contributed by atoms with van der Waals surface area (Å²) in [4.78, 5) is 4.05. The Labute approximate surface area is 101 Å². The van der Waals surface area contributed by atoms with Gasteiger partial charge in [-0.05, 0) is 46.6 Å². The van der Waals surface area contributed by atoms with Gasteiger partial charge >= 0.3 is 0 Å². The molecule has 0 saturated carbocycles. The number of pyridine rings is 1. The highest BCUT2D eigenvalue weighted by atomic mass is 79.9. The van der Waals surface area contributed by atoms with E-state index in [1.54, 1.807) is 18.3 Å². The lowest BCUT2D eigenvalue weighted by Crippen LogP contribution is -1.91. The smallest absolute Gasteiger partial charge is 0.233 e. The van der Waals surface area contributed by atoms with Crippen LogP contribution in [0.1, 0.15) is 5.56 Å². The van der Waals surface area contributed by atoms with Gasteiger partial charge in [0.25, 0.3) is 0 Å². The second-order valence-corrected chi connectivity index (χ2v) is 4.16. The molecule has 82 valence electrons. The Bertz CT molecular complexity index is 516. The minimum atomic E-state index is -0.326. The van der Waals surface area contributed by atoms with Crippen molar-refractivity contribution in [1.29, 1.82) is 0 Å². The average Bonchev–Trinajstić information content (AvgIpc) is 2.27. The fourth-order valence-corrected chi connectivity index (χ4v) is 1.57. The lowest BCUT2D eigenvalue weighted by atomic mass is 10.2. The van der Waals surface area contributed by atoms with Gasteiger partial charge in [-0.3, -0.25) is 0 Å². The quantitative estimate of drug-likeness (QED) is 0.827. The number of hydrogen-bond acceptors (Lipinski definition) is 2. The van der Waals surface area contributed by atoms with E-state index in [0.29, 0.717) is 11.6 Å². The highest BCUT2D eigenvalue weighted by Gasteiger charge is 2.06. The Morgan fingerprint density at radius 3 is 2.88 bits per heavy atom. The van der Waals surface area contributed by atoms with Gasteiger partial charge in [0.1, 0.15) is 11.6 Å². The van der Waals surface area contributed by atoms with Crippen LogP contribution in [0, 0.1) is 12.7 Å². The topological polar surface area (TPSA) is 22.1 Å². The number of aromatic nitrogens is 1. The molecule has 1 aromatic carbocycles. The molecule has 0 spiro atoms. The molecule has 2 aromatic rings. The normalized spacial score (nSPS) is 10.2. The zero-order chi connectivity index (χ0) is 11.5. The van der Waals surface area contributed by atoms with E-state index in [2.05, 4.69) is 20.9 Å². The van der Waals surface area contributed by atoms with Gasteiger partial charge in [0, 0.05) is 12.3 Å². The van der Waals surface area contributed by atoms with Gasteiger partial charge in [-0.1, -0.05) is 6.07 Å². The Morgan fingerprint density at radius 2 is 2.12 bits per heavy atom. The van der Waals surface area contributed by atoms with E-state index in [-0.39, 0.29) is 5.82 Å². The first-order chi connectivity index (χ1) is 7.66. The predicted octanol–water partition coefficient (Wildman–Crippen LogP) is 4.08. The fourth-order valence-electron chi connectivity index (χ4n) is 1.23. The highest BCUT2D eigenvalue weighted by molar-refractivity contribution is 9.10. The molecule has 0 unspecified atom stereocenters. The molecule has 2 rings (SSSR count). The van der Waals surface area contributed by atoms with Crippen molar-refractivity contribution in [2.24, 2.45) is 0 Å². The summed E-state index contributed by atoms with van der Waals surface area (Å²) in [6, 6.07) is 8.01.